The second kappa shape index (κ2) is 12.6. The molecule has 1 aromatic carbocycles. The number of Topliss-reactive ketones (excluding diaryl/α,β-unsaturated/α-hetero) is 1. The number of aryl methyl sites for hydroxylation is 1. The average molecular weight is 390 g/mol. The Labute approximate surface area is 165 Å². The van der Waals surface area contributed by atoms with E-state index in [1.54, 1.807) is 0 Å². The quantitative estimate of drug-likeness (QED) is 0.333. The molecule has 1 aromatic rings. The Morgan fingerprint density at radius 3 is 2.21 bits per heavy atom. The van der Waals surface area contributed by atoms with E-state index in [-0.39, 0.29) is 18.6 Å². The van der Waals surface area contributed by atoms with Gasteiger partial charge < -0.3 is 22.5 Å². The first kappa shape index (κ1) is 23.3. The van der Waals surface area contributed by atoms with Gasteiger partial charge in [0.2, 0.25) is 17.7 Å². The first-order valence-electron chi connectivity index (χ1n) is 9.47. The van der Waals surface area contributed by atoms with E-state index in [2.05, 4.69) is 5.32 Å². The molecule has 0 fully saturated rings. The number of primary amides is 2. The zero-order valence-corrected chi connectivity index (χ0v) is 16.1. The van der Waals surface area contributed by atoms with Gasteiger partial charge in [-0.05, 0) is 31.4 Å². The van der Waals surface area contributed by atoms with Crippen LogP contribution < -0.4 is 22.5 Å². The van der Waals surface area contributed by atoms with Gasteiger partial charge in [-0.1, -0.05) is 36.8 Å². The van der Waals surface area contributed by atoms with Gasteiger partial charge in [-0.3, -0.25) is 19.2 Å². The molecule has 0 aromatic heterocycles. The monoisotopic (exact) mass is 390 g/mol. The van der Waals surface area contributed by atoms with Crippen LogP contribution in [0.5, 0.6) is 0 Å². The highest BCUT2D eigenvalue weighted by Gasteiger charge is 2.26. The van der Waals surface area contributed by atoms with Crippen LogP contribution in [-0.4, -0.2) is 36.1 Å². The number of carbonyl (C=O) groups is 4. The van der Waals surface area contributed by atoms with Gasteiger partial charge in [0, 0.05) is 18.8 Å². The van der Waals surface area contributed by atoms with E-state index in [9.17, 15) is 19.2 Å². The van der Waals surface area contributed by atoms with Gasteiger partial charge in [-0.25, -0.2) is 0 Å². The molecule has 1 rings (SSSR count). The molecule has 8 heteroatoms. The highest BCUT2D eigenvalue weighted by atomic mass is 16.2. The van der Waals surface area contributed by atoms with Crippen LogP contribution in [0, 0.1) is 5.92 Å². The second-order valence-corrected chi connectivity index (χ2v) is 6.84. The first-order chi connectivity index (χ1) is 13.3. The Morgan fingerprint density at radius 2 is 1.64 bits per heavy atom. The first-order valence-corrected chi connectivity index (χ1v) is 9.47. The Balaban J connectivity index is 2.68. The van der Waals surface area contributed by atoms with Crippen molar-refractivity contribution in [3.05, 3.63) is 35.9 Å². The number of ketones is 1. The smallest absolute Gasteiger partial charge is 0.240 e. The molecule has 0 unspecified atom stereocenters. The average Bonchev–Trinajstić information content (AvgIpc) is 2.65. The third kappa shape index (κ3) is 9.27. The van der Waals surface area contributed by atoms with Gasteiger partial charge in [0.15, 0.2) is 0 Å². The number of unbranched alkanes of at least 4 members (excludes halogenated alkanes) is 1. The van der Waals surface area contributed by atoms with E-state index >= 15 is 0 Å². The molecule has 0 saturated heterocycles. The molecular formula is C20H30N4O4. The maximum atomic E-state index is 12.6. The van der Waals surface area contributed by atoms with Gasteiger partial charge in [0.25, 0.3) is 0 Å². The minimum absolute atomic E-state index is 0.0396. The summed E-state index contributed by atoms with van der Waals surface area (Å²) in [6, 6.07) is 8.43. The molecule has 0 saturated carbocycles. The lowest BCUT2D eigenvalue weighted by atomic mass is 9.92. The standard InChI is InChI=1S/C20H30N4O4/c21-11-5-4-8-15(20(28)24-17(19(23)27)13-18(22)26)12-16(25)10-9-14-6-2-1-3-7-14/h1-3,6-7,15,17H,4-5,8-13,21H2,(H2,22,26)(H2,23,27)(H,24,28)/t15-,17+/m1/s1. The number of nitrogens with one attached hydrogen (secondary N) is 1. The summed E-state index contributed by atoms with van der Waals surface area (Å²) in [5.74, 6) is -2.71. The molecule has 0 aliphatic carbocycles. The molecule has 8 nitrogen and oxygen atoms in total. The summed E-state index contributed by atoms with van der Waals surface area (Å²) >= 11 is 0. The molecule has 0 radical (unpaired) electrons. The van der Waals surface area contributed by atoms with Crippen molar-refractivity contribution in [1.82, 2.24) is 5.32 Å². The van der Waals surface area contributed by atoms with E-state index in [0.29, 0.717) is 32.2 Å². The number of rotatable bonds is 14. The van der Waals surface area contributed by atoms with Gasteiger partial charge in [-0.2, -0.15) is 0 Å². The highest BCUT2D eigenvalue weighted by molar-refractivity contribution is 5.93. The van der Waals surface area contributed by atoms with Crippen molar-refractivity contribution in [3.63, 3.8) is 0 Å². The van der Waals surface area contributed by atoms with Crippen molar-refractivity contribution < 1.29 is 19.2 Å². The number of nitrogens with two attached hydrogens (primary N) is 3. The van der Waals surface area contributed by atoms with Crippen LogP contribution in [0.2, 0.25) is 0 Å². The summed E-state index contributed by atoms with van der Waals surface area (Å²) in [4.78, 5) is 47.5. The summed E-state index contributed by atoms with van der Waals surface area (Å²) < 4.78 is 0. The summed E-state index contributed by atoms with van der Waals surface area (Å²) in [5, 5.41) is 2.46. The molecule has 154 valence electrons. The Kier molecular flexibility index (Phi) is 10.5. The van der Waals surface area contributed by atoms with Crippen molar-refractivity contribution in [2.75, 3.05) is 6.54 Å². The van der Waals surface area contributed by atoms with Crippen molar-refractivity contribution in [1.29, 1.82) is 0 Å². The zero-order valence-electron chi connectivity index (χ0n) is 16.1. The lowest BCUT2D eigenvalue weighted by Crippen LogP contribution is -2.48. The maximum Gasteiger partial charge on any atom is 0.240 e. The number of carbonyl (C=O) groups excluding carboxylic acids is 4. The Hall–Kier alpha value is -2.74. The van der Waals surface area contributed by atoms with Crippen molar-refractivity contribution in [2.24, 2.45) is 23.1 Å². The van der Waals surface area contributed by atoms with Gasteiger partial charge >= 0.3 is 0 Å². The van der Waals surface area contributed by atoms with Crippen LogP contribution in [0.15, 0.2) is 30.3 Å². The molecule has 0 bridgehead atoms. The lowest BCUT2D eigenvalue weighted by molar-refractivity contribution is -0.133. The van der Waals surface area contributed by atoms with Crippen molar-refractivity contribution in [2.45, 2.75) is 51.0 Å². The predicted molar refractivity (Wildman–Crippen MR) is 106 cm³/mol. The van der Waals surface area contributed by atoms with Gasteiger partial charge in [0.05, 0.1) is 6.42 Å². The lowest BCUT2D eigenvalue weighted by Gasteiger charge is -2.20. The number of amides is 3. The zero-order chi connectivity index (χ0) is 20.9. The van der Waals surface area contributed by atoms with Crippen molar-refractivity contribution >= 4 is 23.5 Å². The Bertz CT molecular complexity index is 663. The largest absolute Gasteiger partial charge is 0.370 e. The molecule has 0 aliphatic rings. The highest BCUT2D eigenvalue weighted by Crippen LogP contribution is 2.16. The topological polar surface area (TPSA) is 158 Å². The SMILES string of the molecule is NCCCC[C@H](CC(=O)CCc1ccccc1)C(=O)N[C@@H](CC(N)=O)C(N)=O. The van der Waals surface area contributed by atoms with Crippen LogP contribution in [-0.2, 0) is 25.6 Å². The van der Waals surface area contributed by atoms with Gasteiger partial charge in [0.1, 0.15) is 11.8 Å². The van der Waals surface area contributed by atoms with E-state index < -0.39 is 29.7 Å². The summed E-state index contributed by atoms with van der Waals surface area (Å²) in [6.07, 6.45) is 2.47. The maximum absolute atomic E-state index is 12.6. The van der Waals surface area contributed by atoms with Gasteiger partial charge in [-0.15, -0.1) is 0 Å². The fraction of sp³-hybridized carbons (Fsp3) is 0.500. The third-order valence-corrected chi connectivity index (χ3v) is 4.45. The second-order valence-electron chi connectivity index (χ2n) is 6.84. The van der Waals surface area contributed by atoms with Crippen LogP contribution in [0.25, 0.3) is 0 Å². The van der Waals surface area contributed by atoms with E-state index in [1.807, 2.05) is 30.3 Å². The minimum atomic E-state index is -1.18. The fourth-order valence-corrected chi connectivity index (χ4v) is 2.88. The molecule has 3 amide bonds. The fourth-order valence-electron chi connectivity index (χ4n) is 2.88. The summed E-state index contributed by atoms with van der Waals surface area (Å²) in [7, 11) is 0. The number of hydrogen-bond donors (Lipinski definition) is 4. The third-order valence-electron chi connectivity index (χ3n) is 4.45. The molecule has 2 atom stereocenters. The number of hydrogen-bond acceptors (Lipinski definition) is 5. The summed E-state index contributed by atoms with van der Waals surface area (Å²) in [5.41, 5.74) is 16.9. The molecule has 0 spiro atoms. The Morgan fingerprint density at radius 1 is 0.964 bits per heavy atom. The van der Waals surface area contributed by atoms with Crippen LogP contribution in [0.4, 0.5) is 0 Å². The van der Waals surface area contributed by atoms with Crippen LogP contribution in [0.3, 0.4) is 0 Å². The number of benzene rings is 1. The van der Waals surface area contributed by atoms with E-state index in [4.69, 9.17) is 17.2 Å². The van der Waals surface area contributed by atoms with Crippen LogP contribution >= 0.6 is 0 Å². The summed E-state index contributed by atoms with van der Waals surface area (Å²) in [6.45, 7) is 0.488. The molecule has 0 heterocycles. The molecule has 28 heavy (non-hydrogen) atoms. The predicted octanol–water partition coefficient (Wildman–Crippen LogP) is 0.169. The van der Waals surface area contributed by atoms with E-state index in [0.717, 1.165) is 12.0 Å². The normalized spacial score (nSPS) is 12.8. The molecule has 0 aliphatic heterocycles. The molecule has 7 N–H and O–H groups in total. The molecular weight excluding hydrogens is 360 g/mol. The van der Waals surface area contributed by atoms with E-state index in [1.165, 1.54) is 0 Å². The van der Waals surface area contributed by atoms with Crippen molar-refractivity contribution in [3.8, 4) is 0 Å². The minimum Gasteiger partial charge on any atom is -0.370 e. The van der Waals surface area contributed by atoms with Crippen LogP contribution in [0.1, 0.15) is 44.1 Å².